The monoisotopic (exact) mass is 415 g/mol. The van der Waals surface area contributed by atoms with E-state index < -0.39 is 40.7 Å². The summed E-state index contributed by atoms with van der Waals surface area (Å²) >= 11 is 0. The fourth-order valence-electron chi connectivity index (χ4n) is 2.41. The average molecular weight is 415 g/mol. The highest BCUT2D eigenvalue weighted by molar-refractivity contribution is 5.95. The Morgan fingerprint density at radius 1 is 1.21 bits per heavy atom. The Labute approximate surface area is 166 Å². The molecule has 1 aromatic carbocycles. The van der Waals surface area contributed by atoms with Gasteiger partial charge in [0.05, 0.1) is 18.3 Å². The van der Waals surface area contributed by atoms with E-state index in [4.69, 9.17) is 4.74 Å². The normalized spacial score (nSPS) is 14.9. The Hall–Kier alpha value is -2.98. The second-order valence-corrected chi connectivity index (χ2v) is 7.42. The summed E-state index contributed by atoms with van der Waals surface area (Å²) in [6.45, 7) is 5.86. The number of halogens is 3. The van der Waals surface area contributed by atoms with Crippen molar-refractivity contribution in [1.82, 2.24) is 15.5 Å². The van der Waals surface area contributed by atoms with Crippen LogP contribution in [0.4, 0.5) is 23.7 Å². The van der Waals surface area contributed by atoms with E-state index in [1.165, 1.54) is 11.9 Å². The number of nitrogens with zero attached hydrogens (tertiary/aromatic N) is 2. The van der Waals surface area contributed by atoms with Gasteiger partial charge in [-0.05, 0) is 32.9 Å². The zero-order valence-corrected chi connectivity index (χ0v) is 16.6. The van der Waals surface area contributed by atoms with E-state index in [0.29, 0.717) is 19.0 Å². The van der Waals surface area contributed by atoms with E-state index in [-0.39, 0.29) is 12.6 Å². The standard InChI is InChI=1S/C18H24F3N5O3/c1-18(2,3)29-17(28)26-8-10(9-26)24-16(22-4)23-7-13(27)25-12-6-5-11(19)14(20)15(12)21/h5-6,10H,7-9H2,1-4H3,(H,25,27)(H2,22,23,24). The van der Waals surface area contributed by atoms with Crippen LogP contribution in [0.3, 0.4) is 0 Å². The molecule has 0 aromatic heterocycles. The van der Waals surface area contributed by atoms with Crippen LogP contribution in [-0.4, -0.2) is 61.2 Å². The molecule has 0 unspecified atom stereocenters. The van der Waals surface area contributed by atoms with Gasteiger partial charge in [-0.1, -0.05) is 0 Å². The first kappa shape index (κ1) is 22.3. The van der Waals surface area contributed by atoms with E-state index in [0.717, 1.165) is 12.1 Å². The van der Waals surface area contributed by atoms with Crippen LogP contribution >= 0.6 is 0 Å². The van der Waals surface area contributed by atoms with E-state index in [1.54, 1.807) is 20.8 Å². The Morgan fingerprint density at radius 3 is 2.45 bits per heavy atom. The van der Waals surface area contributed by atoms with Crippen LogP contribution < -0.4 is 16.0 Å². The number of anilines is 1. The quantitative estimate of drug-likeness (QED) is 0.396. The second kappa shape index (κ2) is 9.01. The molecule has 29 heavy (non-hydrogen) atoms. The van der Waals surface area contributed by atoms with Crippen LogP contribution in [0.15, 0.2) is 17.1 Å². The molecule has 0 spiro atoms. The maximum absolute atomic E-state index is 13.6. The van der Waals surface area contributed by atoms with Gasteiger partial charge in [0, 0.05) is 20.1 Å². The molecule has 0 saturated carbocycles. The van der Waals surface area contributed by atoms with Gasteiger partial charge < -0.3 is 25.6 Å². The van der Waals surface area contributed by atoms with E-state index >= 15 is 0 Å². The van der Waals surface area contributed by atoms with Gasteiger partial charge in [-0.15, -0.1) is 0 Å². The molecule has 1 fully saturated rings. The first-order valence-corrected chi connectivity index (χ1v) is 8.88. The van der Waals surface area contributed by atoms with Gasteiger partial charge in [0.25, 0.3) is 0 Å². The number of amides is 2. The molecular weight excluding hydrogens is 391 g/mol. The fraction of sp³-hybridized carbons (Fsp3) is 0.500. The van der Waals surface area contributed by atoms with Crippen molar-refractivity contribution in [3.63, 3.8) is 0 Å². The SMILES string of the molecule is CN=C(NCC(=O)Nc1ccc(F)c(F)c1F)NC1CN(C(=O)OC(C)(C)C)C1. The Morgan fingerprint density at radius 2 is 1.86 bits per heavy atom. The number of guanidine groups is 1. The number of rotatable bonds is 4. The van der Waals surface area contributed by atoms with Gasteiger partial charge >= 0.3 is 6.09 Å². The van der Waals surface area contributed by atoms with E-state index in [2.05, 4.69) is 20.9 Å². The lowest BCUT2D eigenvalue weighted by atomic mass is 10.1. The maximum Gasteiger partial charge on any atom is 0.410 e. The lowest BCUT2D eigenvalue weighted by molar-refractivity contribution is -0.115. The van der Waals surface area contributed by atoms with Crippen molar-refractivity contribution in [2.45, 2.75) is 32.4 Å². The van der Waals surface area contributed by atoms with E-state index in [9.17, 15) is 22.8 Å². The molecule has 2 rings (SSSR count). The third-order valence-electron chi connectivity index (χ3n) is 3.82. The molecule has 160 valence electrons. The summed E-state index contributed by atoms with van der Waals surface area (Å²) < 4.78 is 45.0. The van der Waals surface area contributed by atoms with Crippen molar-refractivity contribution in [3.05, 3.63) is 29.6 Å². The first-order chi connectivity index (χ1) is 13.5. The lowest BCUT2D eigenvalue weighted by Crippen LogP contribution is -2.63. The van der Waals surface area contributed by atoms with Crippen molar-refractivity contribution in [2.24, 2.45) is 4.99 Å². The molecule has 0 bridgehead atoms. The molecule has 1 heterocycles. The molecule has 2 amide bonds. The first-order valence-electron chi connectivity index (χ1n) is 8.88. The summed E-state index contributed by atoms with van der Waals surface area (Å²) in [4.78, 5) is 29.3. The van der Waals surface area contributed by atoms with Crippen molar-refractivity contribution in [1.29, 1.82) is 0 Å². The summed E-state index contributed by atoms with van der Waals surface area (Å²) in [6.07, 6.45) is -0.411. The minimum absolute atomic E-state index is 0.0829. The molecule has 1 aromatic rings. The number of aliphatic imine (C=N–C) groups is 1. The second-order valence-electron chi connectivity index (χ2n) is 7.42. The molecule has 11 heteroatoms. The zero-order chi connectivity index (χ0) is 21.8. The van der Waals surface area contributed by atoms with Crippen LogP contribution in [-0.2, 0) is 9.53 Å². The summed E-state index contributed by atoms with van der Waals surface area (Å²) in [6, 6.07) is 1.56. The predicted molar refractivity (Wildman–Crippen MR) is 101 cm³/mol. The van der Waals surface area contributed by atoms with Crippen molar-refractivity contribution >= 4 is 23.6 Å². The van der Waals surface area contributed by atoms with Gasteiger partial charge in [0.15, 0.2) is 23.4 Å². The molecule has 0 aliphatic carbocycles. The number of carbonyl (C=O) groups is 2. The van der Waals surface area contributed by atoms with Crippen molar-refractivity contribution in [2.75, 3.05) is 32.0 Å². The topological polar surface area (TPSA) is 95.1 Å². The van der Waals surface area contributed by atoms with Gasteiger partial charge in [0.1, 0.15) is 5.60 Å². The smallest absolute Gasteiger partial charge is 0.410 e. The number of hydrogen-bond donors (Lipinski definition) is 3. The van der Waals surface area contributed by atoms with Crippen LogP contribution in [0.5, 0.6) is 0 Å². The maximum atomic E-state index is 13.6. The summed E-state index contributed by atoms with van der Waals surface area (Å²) in [5.41, 5.74) is -1.04. The lowest BCUT2D eigenvalue weighted by Gasteiger charge is -2.40. The molecule has 3 N–H and O–H groups in total. The summed E-state index contributed by atoms with van der Waals surface area (Å²) in [5.74, 6) is -4.86. The number of benzene rings is 1. The highest BCUT2D eigenvalue weighted by Gasteiger charge is 2.34. The molecule has 8 nitrogen and oxygen atoms in total. The number of likely N-dealkylation sites (tertiary alicyclic amines) is 1. The Kier molecular flexibility index (Phi) is 6.93. The third kappa shape index (κ3) is 6.26. The van der Waals surface area contributed by atoms with Crippen LogP contribution in [0, 0.1) is 17.5 Å². The van der Waals surface area contributed by atoms with Crippen molar-refractivity contribution in [3.8, 4) is 0 Å². The zero-order valence-electron chi connectivity index (χ0n) is 16.6. The van der Waals surface area contributed by atoms with Crippen LogP contribution in [0.1, 0.15) is 20.8 Å². The third-order valence-corrected chi connectivity index (χ3v) is 3.82. The summed E-state index contributed by atoms with van der Waals surface area (Å²) in [7, 11) is 1.49. The highest BCUT2D eigenvalue weighted by Crippen LogP contribution is 2.19. The molecule has 0 radical (unpaired) electrons. The van der Waals surface area contributed by atoms with Crippen LogP contribution in [0.25, 0.3) is 0 Å². The van der Waals surface area contributed by atoms with Crippen molar-refractivity contribution < 1.29 is 27.5 Å². The largest absolute Gasteiger partial charge is 0.444 e. The minimum Gasteiger partial charge on any atom is -0.444 e. The molecule has 0 atom stereocenters. The van der Waals surface area contributed by atoms with E-state index in [1.807, 2.05) is 0 Å². The van der Waals surface area contributed by atoms with Crippen LogP contribution in [0.2, 0.25) is 0 Å². The number of hydrogen-bond acceptors (Lipinski definition) is 4. The Balaban J connectivity index is 1.77. The molecule has 1 aliphatic heterocycles. The summed E-state index contributed by atoms with van der Waals surface area (Å²) in [5, 5.41) is 7.89. The molecular formula is C18H24F3N5O3. The van der Waals surface area contributed by atoms with Gasteiger partial charge in [-0.2, -0.15) is 0 Å². The highest BCUT2D eigenvalue weighted by atomic mass is 19.2. The van der Waals surface area contributed by atoms with Gasteiger partial charge in [-0.3, -0.25) is 9.79 Å². The van der Waals surface area contributed by atoms with Gasteiger partial charge in [-0.25, -0.2) is 18.0 Å². The van der Waals surface area contributed by atoms with Gasteiger partial charge in [0.2, 0.25) is 5.91 Å². The minimum atomic E-state index is -1.66. The number of carbonyl (C=O) groups excluding carboxylic acids is 2. The molecule has 1 saturated heterocycles. The number of nitrogens with one attached hydrogen (secondary N) is 3. The fourth-order valence-corrected chi connectivity index (χ4v) is 2.41. The molecule has 1 aliphatic rings. The average Bonchev–Trinajstić information content (AvgIpc) is 2.59. The Bertz CT molecular complexity index is 805. The predicted octanol–water partition coefficient (Wildman–Crippen LogP) is 1.83. The number of ether oxygens (including phenoxy) is 1.